The lowest BCUT2D eigenvalue weighted by atomic mass is 10.2. The van der Waals surface area contributed by atoms with E-state index < -0.39 is 6.04 Å². The summed E-state index contributed by atoms with van der Waals surface area (Å²) in [6.45, 7) is 2.40. The van der Waals surface area contributed by atoms with Crippen molar-refractivity contribution in [1.82, 2.24) is 9.88 Å². The van der Waals surface area contributed by atoms with Gasteiger partial charge < -0.3 is 9.80 Å². The summed E-state index contributed by atoms with van der Waals surface area (Å²) in [5.74, 6) is -0.273. The van der Waals surface area contributed by atoms with Gasteiger partial charge in [-0.15, -0.1) is 11.3 Å². The van der Waals surface area contributed by atoms with Crippen LogP contribution in [0, 0.1) is 6.92 Å². The minimum atomic E-state index is -0.471. The second-order valence-electron chi connectivity index (χ2n) is 5.41. The van der Waals surface area contributed by atoms with Gasteiger partial charge in [-0.05, 0) is 25.5 Å². The van der Waals surface area contributed by atoms with Gasteiger partial charge in [0.05, 0.1) is 21.9 Å². The molecule has 1 atom stereocenters. The maximum atomic E-state index is 12.7. The molecular weight excluding hydrogens is 334 g/mol. The normalized spacial score (nSPS) is 17.6. The van der Waals surface area contributed by atoms with Crippen LogP contribution < -0.4 is 4.90 Å². The highest BCUT2D eigenvalue weighted by atomic mass is 35.5. The number of rotatable bonds is 3. The fraction of sp³-hybridized carbons (Fsp3) is 0.312. The van der Waals surface area contributed by atoms with Crippen LogP contribution in [0.2, 0.25) is 5.02 Å². The van der Waals surface area contributed by atoms with Crippen molar-refractivity contribution in [2.75, 3.05) is 18.5 Å². The van der Waals surface area contributed by atoms with Crippen molar-refractivity contribution < 1.29 is 9.59 Å². The van der Waals surface area contributed by atoms with E-state index in [2.05, 4.69) is 4.98 Å². The van der Waals surface area contributed by atoms with E-state index in [-0.39, 0.29) is 11.8 Å². The SMILES string of the molecule is Cc1ncc(C(=O)N(C)[C@@H]2CCN(c3ccccc3Cl)C2=O)s1. The molecule has 120 valence electrons. The van der Waals surface area contributed by atoms with Gasteiger partial charge in [-0.1, -0.05) is 23.7 Å². The van der Waals surface area contributed by atoms with Gasteiger partial charge >= 0.3 is 0 Å². The van der Waals surface area contributed by atoms with E-state index in [1.165, 1.54) is 16.2 Å². The zero-order chi connectivity index (χ0) is 16.6. The summed E-state index contributed by atoms with van der Waals surface area (Å²) in [5, 5.41) is 1.37. The molecule has 0 radical (unpaired) electrons. The molecule has 1 aliphatic heterocycles. The molecule has 3 rings (SSSR count). The van der Waals surface area contributed by atoms with E-state index in [1.807, 2.05) is 25.1 Å². The highest BCUT2D eigenvalue weighted by Crippen LogP contribution is 2.30. The molecule has 0 spiro atoms. The van der Waals surface area contributed by atoms with Crippen LogP contribution in [0.15, 0.2) is 30.5 Å². The predicted octanol–water partition coefficient (Wildman–Crippen LogP) is 2.98. The Bertz CT molecular complexity index is 761. The number of hydrogen-bond donors (Lipinski definition) is 0. The number of anilines is 1. The molecule has 5 nitrogen and oxygen atoms in total. The molecular formula is C16H16ClN3O2S. The largest absolute Gasteiger partial charge is 0.329 e. The molecule has 0 N–H and O–H groups in total. The lowest BCUT2D eigenvalue weighted by molar-refractivity contribution is -0.120. The average molecular weight is 350 g/mol. The Balaban J connectivity index is 1.79. The highest BCUT2D eigenvalue weighted by molar-refractivity contribution is 7.13. The van der Waals surface area contributed by atoms with Crippen LogP contribution in [0.3, 0.4) is 0 Å². The van der Waals surface area contributed by atoms with Gasteiger partial charge in [0.15, 0.2) is 0 Å². The van der Waals surface area contributed by atoms with Crippen molar-refractivity contribution >= 4 is 40.4 Å². The van der Waals surface area contributed by atoms with Gasteiger partial charge in [0, 0.05) is 13.6 Å². The number of aryl methyl sites for hydroxylation is 1. The molecule has 0 saturated carbocycles. The first kappa shape index (κ1) is 16.0. The average Bonchev–Trinajstić information content (AvgIpc) is 3.13. The van der Waals surface area contributed by atoms with Crippen molar-refractivity contribution in [3.8, 4) is 0 Å². The Morgan fingerprint density at radius 2 is 2.17 bits per heavy atom. The zero-order valence-electron chi connectivity index (χ0n) is 12.8. The van der Waals surface area contributed by atoms with Gasteiger partial charge in [-0.2, -0.15) is 0 Å². The minimum Gasteiger partial charge on any atom is -0.329 e. The van der Waals surface area contributed by atoms with Gasteiger partial charge in [0.25, 0.3) is 5.91 Å². The number of nitrogens with zero attached hydrogens (tertiary/aromatic N) is 3. The summed E-state index contributed by atoms with van der Waals surface area (Å²) in [7, 11) is 1.66. The standard InChI is InChI=1S/C16H16ClN3O2S/c1-10-18-9-14(23-10)16(22)19(2)13-7-8-20(15(13)21)12-6-4-3-5-11(12)17/h3-6,9,13H,7-8H2,1-2H3/t13-/m1/s1. The highest BCUT2D eigenvalue weighted by Gasteiger charge is 2.38. The van der Waals surface area contributed by atoms with Crippen LogP contribution in [0.25, 0.3) is 0 Å². The molecule has 1 aromatic carbocycles. The molecule has 2 heterocycles. The number of thiazole rings is 1. The number of carbonyl (C=O) groups is 2. The van der Waals surface area contributed by atoms with E-state index >= 15 is 0 Å². The van der Waals surface area contributed by atoms with E-state index in [0.717, 1.165) is 5.01 Å². The number of benzene rings is 1. The molecule has 23 heavy (non-hydrogen) atoms. The summed E-state index contributed by atoms with van der Waals surface area (Å²) in [4.78, 5) is 33.0. The monoisotopic (exact) mass is 349 g/mol. The summed E-state index contributed by atoms with van der Waals surface area (Å²) in [5.41, 5.74) is 0.691. The Morgan fingerprint density at radius 1 is 1.43 bits per heavy atom. The number of amides is 2. The van der Waals surface area contributed by atoms with E-state index in [4.69, 9.17) is 11.6 Å². The lowest BCUT2D eigenvalue weighted by Gasteiger charge is -2.23. The van der Waals surface area contributed by atoms with Crippen molar-refractivity contribution in [1.29, 1.82) is 0 Å². The summed E-state index contributed by atoms with van der Waals surface area (Å²) in [6, 6.07) is 6.77. The Morgan fingerprint density at radius 3 is 2.83 bits per heavy atom. The third-order valence-electron chi connectivity index (χ3n) is 3.94. The van der Waals surface area contributed by atoms with Crippen LogP contribution in [0.5, 0.6) is 0 Å². The molecule has 1 aromatic heterocycles. The van der Waals surface area contributed by atoms with Crippen molar-refractivity contribution in [3.63, 3.8) is 0 Å². The fourth-order valence-electron chi connectivity index (χ4n) is 2.71. The van der Waals surface area contributed by atoms with Crippen LogP contribution >= 0.6 is 22.9 Å². The third kappa shape index (κ3) is 2.96. The number of hydrogen-bond acceptors (Lipinski definition) is 4. The number of likely N-dealkylation sites (N-methyl/N-ethyl adjacent to an activating group) is 1. The number of halogens is 1. The summed E-state index contributed by atoms with van der Waals surface area (Å²) >= 11 is 7.51. The van der Waals surface area contributed by atoms with Crippen molar-refractivity contribution in [2.45, 2.75) is 19.4 Å². The molecule has 0 bridgehead atoms. The Hall–Kier alpha value is -1.92. The van der Waals surface area contributed by atoms with Gasteiger partial charge in [-0.25, -0.2) is 4.98 Å². The second-order valence-corrected chi connectivity index (χ2v) is 7.05. The first-order valence-corrected chi connectivity index (χ1v) is 8.44. The molecule has 0 unspecified atom stereocenters. The number of para-hydroxylation sites is 1. The van der Waals surface area contributed by atoms with E-state index in [1.54, 1.807) is 24.2 Å². The maximum absolute atomic E-state index is 12.7. The van der Waals surface area contributed by atoms with E-state index in [9.17, 15) is 9.59 Å². The molecule has 0 aliphatic carbocycles. The lowest BCUT2D eigenvalue weighted by Crippen LogP contribution is -2.42. The molecule has 2 aromatic rings. The van der Waals surface area contributed by atoms with Gasteiger partial charge in [0.2, 0.25) is 5.91 Å². The number of aromatic nitrogens is 1. The fourth-order valence-corrected chi connectivity index (χ4v) is 3.71. The van der Waals surface area contributed by atoms with Crippen LogP contribution in [0.1, 0.15) is 21.1 Å². The van der Waals surface area contributed by atoms with Crippen LogP contribution in [0.4, 0.5) is 5.69 Å². The maximum Gasteiger partial charge on any atom is 0.266 e. The quantitative estimate of drug-likeness (QED) is 0.856. The Labute approximate surface area is 143 Å². The van der Waals surface area contributed by atoms with Crippen LogP contribution in [-0.4, -0.2) is 41.3 Å². The predicted molar refractivity (Wildman–Crippen MR) is 91.2 cm³/mol. The van der Waals surface area contributed by atoms with Crippen molar-refractivity contribution in [2.24, 2.45) is 0 Å². The molecule has 2 amide bonds. The molecule has 1 saturated heterocycles. The van der Waals surface area contributed by atoms with E-state index in [0.29, 0.717) is 28.6 Å². The molecule has 7 heteroatoms. The second kappa shape index (κ2) is 6.29. The minimum absolute atomic E-state index is 0.102. The van der Waals surface area contributed by atoms with Gasteiger partial charge in [-0.3, -0.25) is 9.59 Å². The topological polar surface area (TPSA) is 53.5 Å². The zero-order valence-corrected chi connectivity index (χ0v) is 14.4. The Kier molecular flexibility index (Phi) is 4.37. The summed E-state index contributed by atoms with van der Waals surface area (Å²) in [6.07, 6.45) is 2.15. The van der Waals surface area contributed by atoms with Gasteiger partial charge in [0.1, 0.15) is 10.9 Å². The molecule has 1 aliphatic rings. The van der Waals surface area contributed by atoms with Crippen LogP contribution in [-0.2, 0) is 4.79 Å². The van der Waals surface area contributed by atoms with Crippen molar-refractivity contribution in [3.05, 3.63) is 45.4 Å². The third-order valence-corrected chi connectivity index (χ3v) is 5.16. The summed E-state index contributed by atoms with van der Waals surface area (Å²) < 4.78 is 0. The smallest absolute Gasteiger partial charge is 0.266 e. The molecule has 1 fully saturated rings. The first-order chi connectivity index (χ1) is 11.0. The first-order valence-electron chi connectivity index (χ1n) is 7.24. The number of carbonyl (C=O) groups excluding carboxylic acids is 2.